The maximum Gasteiger partial charge on any atom is 0.123 e. The summed E-state index contributed by atoms with van der Waals surface area (Å²) in [5.41, 5.74) is 1.20. The summed E-state index contributed by atoms with van der Waals surface area (Å²) in [6, 6.07) is 8.54. The molecule has 0 spiro atoms. The molecule has 0 fully saturated rings. The fourth-order valence-corrected chi connectivity index (χ4v) is 1.72. The maximum atomic E-state index is 5.59. The van der Waals surface area contributed by atoms with Gasteiger partial charge in [0.2, 0.25) is 0 Å². The van der Waals surface area contributed by atoms with Crippen molar-refractivity contribution in [2.24, 2.45) is 0 Å². The molecule has 1 atom stereocenters. The maximum absolute atomic E-state index is 5.59. The zero-order valence-corrected chi connectivity index (χ0v) is 11.0. The first-order chi connectivity index (χ1) is 8.31. The molecule has 96 valence electrons. The van der Waals surface area contributed by atoms with Crippen molar-refractivity contribution in [2.45, 2.75) is 32.9 Å². The second kappa shape index (κ2) is 8.09. The van der Waals surface area contributed by atoms with E-state index in [0.29, 0.717) is 12.6 Å². The summed E-state index contributed by atoms with van der Waals surface area (Å²) < 4.78 is 10.8. The Morgan fingerprint density at radius 3 is 2.65 bits per heavy atom. The van der Waals surface area contributed by atoms with Gasteiger partial charge in [0.1, 0.15) is 5.75 Å². The number of rotatable bonds is 8. The molecule has 1 N–H and O–H groups in total. The molecule has 0 radical (unpaired) electrons. The number of para-hydroxylation sites is 1. The van der Waals surface area contributed by atoms with Gasteiger partial charge in [-0.05, 0) is 19.4 Å². The molecule has 0 aliphatic rings. The lowest BCUT2D eigenvalue weighted by atomic mass is 10.1. The summed E-state index contributed by atoms with van der Waals surface area (Å²) in [5, 5.41) is 3.48. The first kappa shape index (κ1) is 14.0. The second-order valence-electron chi connectivity index (χ2n) is 3.98. The van der Waals surface area contributed by atoms with Crippen LogP contribution in [0, 0.1) is 0 Å². The Kier molecular flexibility index (Phi) is 6.67. The number of ether oxygens (including phenoxy) is 2. The van der Waals surface area contributed by atoms with Gasteiger partial charge in [-0.25, -0.2) is 0 Å². The number of methoxy groups -OCH3 is 1. The lowest BCUT2D eigenvalue weighted by Gasteiger charge is -2.17. The molecule has 0 saturated carbocycles. The van der Waals surface area contributed by atoms with Gasteiger partial charge < -0.3 is 14.8 Å². The van der Waals surface area contributed by atoms with Crippen molar-refractivity contribution in [3.05, 3.63) is 29.8 Å². The first-order valence-electron chi connectivity index (χ1n) is 6.24. The summed E-state index contributed by atoms with van der Waals surface area (Å²) in [7, 11) is 1.73. The van der Waals surface area contributed by atoms with Crippen LogP contribution in [0.2, 0.25) is 0 Å². The van der Waals surface area contributed by atoms with Crippen LogP contribution < -0.4 is 10.1 Å². The quantitative estimate of drug-likeness (QED) is 0.754. The summed E-state index contributed by atoms with van der Waals surface area (Å²) >= 11 is 0. The molecular formula is C14H23NO2. The molecule has 0 saturated heterocycles. The SMILES string of the molecule is CCOc1ccccc1CNC(CC)COC. The van der Waals surface area contributed by atoms with E-state index in [4.69, 9.17) is 9.47 Å². The third-order valence-electron chi connectivity index (χ3n) is 2.71. The number of hydrogen-bond donors (Lipinski definition) is 1. The third-order valence-corrected chi connectivity index (χ3v) is 2.71. The first-order valence-corrected chi connectivity index (χ1v) is 6.24. The summed E-state index contributed by atoms with van der Waals surface area (Å²) in [6.45, 7) is 6.42. The predicted molar refractivity (Wildman–Crippen MR) is 70.4 cm³/mol. The van der Waals surface area contributed by atoms with Gasteiger partial charge in [0.05, 0.1) is 13.2 Å². The predicted octanol–water partition coefficient (Wildman–Crippen LogP) is 2.60. The molecule has 0 aliphatic heterocycles. The van der Waals surface area contributed by atoms with Crippen molar-refractivity contribution >= 4 is 0 Å². The smallest absolute Gasteiger partial charge is 0.123 e. The van der Waals surface area contributed by atoms with Crippen LogP contribution >= 0.6 is 0 Å². The number of hydrogen-bond acceptors (Lipinski definition) is 3. The summed E-state index contributed by atoms with van der Waals surface area (Å²) in [5.74, 6) is 0.967. The highest BCUT2D eigenvalue weighted by Gasteiger charge is 2.07. The van der Waals surface area contributed by atoms with Crippen molar-refractivity contribution in [3.63, 3.8) is 0 Å². The number of nitrogens with one attached hydrogen (secondary N) is 1. The average molecular weight is 237 g/mol. The normalized spacial score (nSPS) is 12.4. The highest BCUT2D eigenvalue weighted by molar-refractivity contribution is 5.33. The van der Waals surface area contributed by atoms with Gasteiger partial charge in [-0.3, -0.25) is 0 Å². The molecule has 1 unspecified atom stereocenters. The van der Waals surface area contributed by atoms with Crippen LogP contribution in [0.3, 0.4) is 0 Å². The number of benzene rings is 1. The van der Waals surface area contributed by atoms with Crippen LogP contribution in [0.4, 0.5) is 0 Å². The van der Waals surface area contributed by atoms with Crippen LogP contribution in [0.5, 0.6) is 5.75 Å². The topological polar surface area (TPSA) is 30.5 Å². The Morgan fingerprint density at radius 1 is 1.24 bits per heavy atom. The fourth-order valence-electron chi connectivity index (χ4n) is 1.72. The van der Waals surface area contributed by atoms with Crippen molar-refractivity contribution < 1.29 is 9.47 Å². The molecule has 0 amide bonds. The Bertz CT molecular complexity index is 315. The average Bonchev–Trinajstić information content (AvgIpc) is 2.36. The van der Waals surface area contributed by atoms with E-state index in [0.717, 1.165) is 25.3 Å². The zero-order valence-electron chi connectivity index (χ0n) is 11.0. The highest BCUT2D eigenvalue weighted by atomic mass is 16.5. The molecule has 0 bridgehead atoms. The molecule has 1 rings (SSSR count). The molecule has 0 aliphatic carbocycles. The van der Waals surface area contributed by atoms with E-state index in [-0.39, 0.29) is 0 Å². The lowest BCUT2D eigenvalue weighted by molar-refractivity contribution is 0.163. The van der Waals surface area contributed by atoms with Crippen molar-refractivity contribution in [2.75, 3.05) is 20.3 Å². The van der Waals surface area contributed by atoms with E-state index < -0.39 is 0 Å². The van der Waals surface area contributed by atoms with Crippen molar-refractivity contribution in [1.29, 1.82) is 0 Å². The van der Waals surface area contributed by atoms with Crippen molar-refractivity contribution in [1.82, 2.24) is 5.32 Å². The molecule has 0 heterocycles. The summed E-state index contributed by atoms with van der Waals surface area (Å²) in [6.07, 6.45) is 1.06. The van der Waals surface area contributed by atoms with Gasteiger partial charge in [0, 0.05) is 25.3 Å². The van der Waals surface area contributed by atoms with Crippen molar-refractivity contribution in [3.8, 4) is 5.75 Å². The van der Waals surface area contributed by atoms with Crippen LogP contribution in [-0.2, 0) is 11.3 Å². The molecule has 1 aromatic carbocycles. The molecule has 1 aromatic rings. The van der Waals surface area contributed by atoms with Gasteiger partial charge in [-0.15, -0.1) is 0 Å². The highest BCUT2D eigenvalue weighted by Crippen LogP contribution is 2.17. The third kappa shape index (κ3) is 4.75. The minimum Gasteiger partial charge on any atom is -0.494 e. The van der Waals surface area contributed by atoms with Gasteiger partial charge in [-0.1, -0.05) is 25.1 Å². The van der Waals surface area contributed by atoms with Crippen LogP contribution in [0.15, 0.2) is 24.3 Å². The van der Waals surface area contributed by atoms with Gasteiger partial charge >= 0.3 is 0 Å². The van der Waals surface area contributed by atoms with Crippen LogP contribution in [0.1, 0.15) is 25.8 Å². The molecule has 3 nitrogen and oxygen atoms in total. The molecular weight excluding hydrogens is 214 g/mol. The monoisotopic (exact) mass is 237 g/mol. The van der Waals surface area contributed by atoms with E-state index in [1.807, 2.05) is 25.1 Å². The molecule has 0 aromatic heterocycles. The van der Waals surface area contributed by atoms with E-state index in [1.165, 1.54) is 5.56 Å². The van der Waals surface area contributed by atoms with E-state index in [1.54, 1.807) is 7.11 Å². The largest absolute Gasteiger partial charge is 0.494 e. The second-order valence-corrected chi connectivity index (χ2v) is 3.98. The fraction of sp³-hybridized carbons (Fsp3) is 0.571. The Labute approximate surface area is 104 Å². The Hall–Kier alpha value is -1.06. The van der Waals surface area contributed by atoms with E-state index in [9.17, 15) is 0 Å². The Morgan fingerprint density at radius 2 is 2.00 bits per heavy atom. The van der Waals surface area contributed by atoms with Crippen LogP contribution in [0.25, 0.3) is 0 Å². The van der Waals surface area contributed by atoms with Gasteiger partial charge in [0.15, 0.2) is 0 Å². The summed E-state index contributed by atoms with van der Waals surface area (Å²) in [4.78, 5) is 0. The van der Waals surface area contributed by atoms with E-state index >= 15 is 0 Å². The van der Waals surface area contributed by atoms with Crippen LogP contribution in [-0.4, -0.2) is 26.4 Å². The lowest BCUT2D eigenvalue weighted by Crippen LogP contribution is -2.32. The van der Waals surface area contributed by atoms with Gasteiger partial charge in [0.25, 0.3) is 0 Å². The minimum absolute atomic E-state index is 0.398. The van der Waals surface area contributed by atoms with E-state index in [2.05, 4.69) is 18.3 Å². The molecule has 17 heavy (non-hydrogen) atoms. The standard InChI is InChI=1S/C14H23NO2/c1-4-13(11-16-3)15-10-12-8-6-7-9-14(12)17-5-2/h6-9,13,15H,4-5,10-11H2,1-3H3. The zero-order chi connectivity index (χ0) is 12.5. The Balaban J connectivity index is 2.55. The molecule has 3 heteroatoms. The van der Waals surface area contributed by atoms with Gasteiger partial charge in [-0.2, -0.15) is 0 Å². The minimum atomic E-state index is 0.398.